The van der Waals surface area contributed by atoms with Crippen LogP contribution in [0.3, 0.4) is 0 Å². The molecule has 0 aromatic heterocycles. The van der Waals surface area contributed by atoms with Crippen molar-refractivity contribution in [2.45, 2.75) is 70.8 Å². The highest BCUT2D eigenvalue weighted by atomic mass is 16.8. The lowest BCUT2D eigenvalue weighted by molar-refractivity contribution is -0.233. The van der Waals surface area contributed by atoms with Crippen LogP contribution in [0.4, 0.5) is 0 Å². The fourth-order valence-electron chi connectivity index (χ4n) is 3.28. The number of ether oxygens (including phenoxy) is 5. The molecule has 1 unspecified atom stereocenters. The summed E-state index contributed by atoms with van der Waals surface area (Å²) in [5, 5.41) is 10.6. The Balaban J connectivity index is 1.63. The van der Waals surface area contributed by atoms with Crippen molar-refractivity contribution in [3.05, 3.63) is 47.5 Å². The van der Waals surface area contributed by atoms with Crippen molar-refractivity contribution in [1.82, 2.24) is 0 Å². The Bertz CT molecular complexity index is 625. The summed E-state index contributed by atoms with van der Waals surface area (Å²) >= 11 is 0. The highest BCUT2D eigenvalue weighted by molar-refractivity contribution is 5.13. The van der Waals surface area contributed by atoms with Gasteiger partial charge in [0.05, 0.1) is 19.8 Å². The van der Waals surface area contributed by atoms with Gasteiger partial charge in [-0.3, -0.25) is 0 Å². The van der Waals surface area contributed by atoms with Crippen LogP contribution in [-0.4, -0.2) is 54.8 Å². The lowest BCUT2D eigenvalue weighted by atomic mass is 10.1. The molecule has 0 radical (unpaired) electrons. The summed E-state index contributed by atoms with van der Waals surface area (Å²) in [5.41, 5.74) is 2.22. The first-order valence-electron chi connectivity index (χ1n) is 9.41. The standard InChI is InChI=1S/C21H30O6/c1-14(2)10-11-23-13-16(22)17-18(24-12-15-8-6-5-7-9-15)19-20(25-17)27-21(3,4)26-19/h5-10,16-20,22H,11-13H2,1-4H3/t16-,17-,18+,19-,20?/m1/s1. The van der Waals surface area contributed by atoms with Gasteiger partial charge in [0.2, 0.25) is 0 Å². The summed E-state index contributed by atoms with van der Waals surface area (Å²) in [6.07, 6.45) is -0.836. The van der Waals surface area contributed by atoms with Gasteiger partial charge in [0, 0.05) is 0 Å². The van der Waals surface area contributed by atoms with Crippen molar-refractivity contribution in [3.8, 4) is 0 Å². The molecular formula is C21H30O6. The Morgan fingerprint density at radius 2 is 1.96 bits per heavy atom. The maximum Gasteiger partial charge on any atom is 0.190 e. The summed E-state index contributed by atoms with van der Waals surface area (Å²) in [4.78, 5) is 0. The topological polar surface area (TPSA) is 66.4 Å². The van der Waals surface area contributed by atoms with E-state index in [2.05, 4.69) is 0 Å². The maximum atomic E-state index is 10.6. The molecule has 5 atom stereocenters. The molecule has 1 aromatic carbocycles. The zero-order chi connectivity index (χ0) is 19.4. The van der Waals surface area contributed by atoms with E-state index >= 15 is 0 Å². The molecule has 3 rings (SSSR count). The predicted octanol–water partition coefficient (Wildman–Crippen LogP) is 2.79. The molecule has 0 bridgehead atoms. The maximum absolute atomic E-state index is 10.6. The highest BCUT2D eigenvalue weighted by Gasteiger charge is 2.57. The SMILES string of the molecule is CC(C)=CCOC[C@@H](O)[C@H]1OC2OC(C)(C)O[C@@H]2[C@H]1OCc1ccccc1. The third kappa shape index (κ3) is 5.38. The number of aliphatic hydroxyl groups excluding tert-OH is 1. The number of rotatable bonds is 8. The van der Waals surface area contributed by atoms with Crippen LogP contribution in [-0.2, 0) is 30.3 Å². The van der Waals surface area contributed by atoms with Crippen molar-refractivity contribution in [1.29, 1.82) is 0 Å². The molecule has 6 heteroatoms. The summed E-state index contributed by atoms with van der Waals surface area (Å²) in [6, 6.07) is 9.89. The Kier molecular flexibility index (Phi) is 6.68. The first kappa shape index (κ1) is 20.5. The van der Waals surface area contributed by atoms with Gasteiger partial charge in [-0.15, -0.1) is 0 Å². The van der Waals surface area contributed by atoms with Crippen LogP contribution in [0.5, 0.6) is 0 Å². The average molecular weight is 378 g/mol. The van der Waals surface area contributed by atoms with Crippen LogP contribution < -0.4 is 0 Å². The minimum Gasteiger partial charge on any atom is -0.388 e. The molecule has 27 heavy (non-hydrogen) atoms. The number of fused-ring (bicyclic) bond motifs is 1. The first-order valence-corrected chi connectivity index (χ1v) is 9.41. The summed E-state index contributed by atoms with van der Waals surface area (Å²) < 4.78 is 29.4. The number of aliphatic hydroxyl groups is 1. The fraction of sp³-hybridized carbons (Fsp3) is 0.619. The Hall–Kier alpha value is -1.28. The number of hydrogen-bond acceptors (Lipinski definition) is 6. The van der Waals surface area contributed by atoms with E-state index in [0.717, 1.165) is 5.56 Å². The smallest absolute Gasteiger partial charge is 0.190 e. The van der Waals surface area contributed by atoms with Crippen LogP contribution >= 0.6 is 0 Å². The van der Waals surface area contributed by atoms with Crippen molar-refractivity contribution >= 4 is 0 Å². The van der Waals surface area contributed by atoms with E-state index in [9.17, 15) is 5.11 Å². The summed E-state index contributed by atoms with van der Waals surface area (Å²) in [5.74, 6) is -0.737. The second-order valence-electron chi connectivity index (χ2n) is 7.72. The minimum atomic E-state index is -0.836. The third-order valence-electron chi connectivity index (χ3n) is 4.59. The Morgan fingerprint density at radius 1 is 1.22 bits per heavy atom. The van der Waals surface area contributed by atoms with Gasteiger partial charge in [0.1, 0.15) is 24.4 Å². The monoisotopic (exact) mass is 378 g/mol. The summed E-state index contributed by atoms with van der Waals surface area (Å²) in [7, 11) is 0. The molecule has 2 aliphatic rings. The molecule has 2 heterocycles. The van der Waals surface area contributed by atoms with Gasteiger partial charge in [-0.05, 0) is 33.3 Å². The van der Waals surface area contributed by atoms with Crippen LogP contribution in [0.2, 0.25) is 0 Å². The second-order valence-corrected chi connectivity index (χ2v) is 7.72. The Morgan fingerprint density at radius 3 is 2.67 bits per heavy atom. The molecule has 0 amide bonds. The van der Waals surface area contributed by atoms with E-state index in [1.54, 1.807) is 0 Å². The van der Waals surface area contributed by atoms with Gasteiger partial charge >= 0.3 is 0 Å². The van der Waals surface area contributed by atoms with E-state index in [1.807, 2.05) is 64.1 Å². The minimum absolute atomic E-state index is 0.155. The number of allylic oxidation sites excluding steroid dienone is 1. The molecule has 150 valence electrons. The van der Waals surface area contributed by atoms with E-state index in [1.165, 1.54) is 5.57 Å². The molecule has 0 spiro atoms. The molecule has 6 nitrogen and oxygen atoms in total. The van der Waals surface area contributed by atoms with E-state index in [0.29, 0.717) is 13.2 Å². The highest BCUT2D eigenvalue weighted by Crippen LogP contribution is 2.40. The van der Waals surface area contributed by atoms with Crippen LogP contribution in [0.15, 0.2) is 42.0 Å². The van der Waals surface area contributed by atoms with Gasteiger partial charge < -0.3 is 28.8 Å². The zero-order valence-corrected chi connectivity index (χ0v) is 16.5. The largest absolute Gasteiger partial charge is 0.388 e. The van der Waals surface area contributed by atoms with Crippen molar-refractivity contribution in [2.75, 3.05) is 13.2 Å². The summed E-state index contributed by atoms with van der Waals surface area (Å²) in [6.45, 7) is 8.71. The van der Waals surface area contributed by atoms with Gasteiger partial charge in [-0.2, -0.15) is 0 Å². The van der Waals surface area contributed by atoms with Gasteiger partial charge in [-0.1, -0.05) is 42.0 Å². The molecule has 2 aliphatic heterocycles. The number of benzene rings is 1. The zero-order valence-electron chi connectivity index (χ0n) is 16.5. The Labute approximate surface area is 161 Å². The van der Waals surface area contributed by atoms with Crippen LogP contribution in [0.1, 0.15) is 33.3 Å². The average Bonchev–Trinajstić information content (AvgIpc) is 3.09. The molecule has 2 fully saturated rings. The normalized spacial score (nSPS) is 30.1. The van der Waals surface area contributed by atoms with Crippen LogP contribution in [0.25, 0.3) is 0 Å². The molecule has 0 saturated carbocycles. The lowest BCUT2D eigenvalue weighted by Gasteiger charge is -2.28. The number of hydrogen-bond donors (Lipinski definition) is 1. The van der Waals surface area contributed by atoms with Gasteiger partial charge in [0.25, 0.3) is 0 Å². The molecule has 0 aliphatic carbocycles. The van der Waals surface area contributed by atoms with Crippen molar-refractivity contribution < 1.29 is 28.8 Å². The molecule has 2 saturated heterocycles. The van der Waals surface area contributed by atoms with Crippen molar-refractivity contribution in [3.63, 3.8) is 0 Å². The van der Waals surface area contributed by atoms with Gasteiger partial charge in [0.15, 0.2) is 12.1 Å². The van der Waals surface area contributed by atoms with Crippen LogP contribution in [0, 0.1) is 0 Å². The quantitative estimate of drug-likeness (QED) is 0.554. The molecular weight excluding hydrogens is 348 g/mol. The predicted molar refractivity (Wildman–Crippen MR) is 100.0 cm³/mol. The first-order chi connectivity index (χ1) is 12.9. The molecule has 1 aromatic rings. The fourth-order valence-corrected chi connectivity index (χ4v) is 3.28. The van der Waals surface area contributed by atoms with E-state index < -0.39 is 30.4 Å². The van der Waals surface area contributed by atoms with Crippen molar-refractivity contribution in [2.24, 2.45) is 0 Å². The lowest BCUT2D eigenvalue weighted by Crippen LogP contribution is -2.44. The van der Waals surface area contributed by atoms with E-state index in [4.69, 9.17) is 23.7 Å². The second kappa shape index (κ2) is 8.82. The third-order valence-corrected chi connectivity index (χ3v) is 4.59. The van der Waals surface area contributed by atoms with E-state index in [-0.39, 0.29) is 12.7 Å². The van der Waals surface area contributed by atoms with Gasteiger partial charge in [-0.25, -0.2) is 0 Å². The molecule has 1 N–H and O–H groups in total.